The van der Waals surface area contributed by atoms with E-state index < -0.39 is 0 Å². The zero-order chi connectivity index (χ0) is 18.9. The van der Waals surface area contributed by atoms with Crippen LogP contribution in [-0.2, 0) is 13.1 Å². The Morgan fingerprint density at radius 2 is 1.54 bits per heavy atom. The van der Waals surface area contributed by atoms with Crippen LogP contribution in [-0.4, -0.2) is 31.1 Å². The quantitative estimate of drug-likeness (QED) is 0.372. The van der Waals surface area contributed by atoms with Gasteiger partial charge in [0, 0.05) is 39.4 Å². The molecule has 1 aliphatic heterocycles. The largest absolute Gasteiger partial charge is 0.357 e. The molecule has 1 fully saturated rings. The fraction of sp³-hybridized carbons (Fsp3) is 0.455. The summed E-state index contributed by atoms with van der Waals surface area (Å²) in [4.78, 5) is 11.4. The van der Waals surface area contributed by atoms with Gasteiger partial charge in [-0.15, -0.1) is 24.0 Å². The lowest BCUT2D eigenvalue weighted by Crippen LogP contribution is -2.36. The van der Waals surface area contributed by atoms with Crippen molar-refractivity contribution in [3.63, 3.8) is 0 Å². The van der Waals surface area contributed by atoms with E-state index in [9.17, 15) is 0 Å². The number of benzene rings is 1. The lowest BCUT2D eigenvalue weighted by atomic mass is 10.1. The van der Waals surface area contributed by atoms with Gasteiger partial charge in [-0.25, -0.2) is 4.98 Å². The summed E-state index contributed by atoms with van der Waals surface area (Å²) in [6.07, 6.45) is 7.20. The first-order valence-corrected chi connectivity index (χ1v) is 9.94. The number of nitrogens with one attached hydrogen (secondary N) is 2. The van der Waals surface area contributed by atoms with Crippen LogP contribution in [0.15, 0.2) is 47.6 Å². The highest BCUT2D eigenvalue weighted by molar-refractivity contribution is 14.0. The van der Waals surface area contributed by atoms with Crippen LogP contribution >= 0.6 is 24.0 Å². The molecule has 5 nitrogen and oxygen atoms in total. The maximum absolute atomic E-state index is 4.68. The van der Waals surface area contributed by atoms with Gasteiger partial charge in [0.2, 0.25) is 0 Å². The van der Waals surface area contributed by atoms with Crippen LogP contribution in [0.25, 0.3) is 0 Å². The predicted octanol–water partition coefficient (Wildman–Crippen LogP) is 4.25. The van der Waals surface area contributed by atoms with Gasteiger partial charge in [0.1, 0.15) is 5.82 Å². The van der Waals surface area contributed by atoms with Crippen LogP contribution in [0, 0.1) is 6.92 Å². The molecule has 6 heteroatoms. The molecule has 0 radical (unpaired) electrons. The number of hydrogen-bond acceptors (Lipinski definition) is 3. The van der Waals surface area contributed by atoms with Crippen molar-refractivity contribution >= 4 is 35.8 Å². The van der Waals surface area contributed by atoms with Crippen LogP contribution in [0.3, 0.4) is 0 Å². The Morgan fingerprint density at radius 1 is 0.929 bits per heavy atom. The molecular weight excluding hydrogens is 461 g/mol. The number of pyridine rings is 1. The molecule has 3 rings (SSSR count). The van der Waals surface area contributed by atoms with Crippen LogP contribution in [0.5, 0.6) is 0 Å². The molecule has 0 spiro atoms. The van der Waals surface area contributed by atoms with E-state index in [2.05, 4.69) is 68.8 Å². The second-order valence-electron chi connectivity index (χ2n) is 7.19. The Kier molecular flexibility index (Phi) is 9.54. The van der Waals surface area contributed by atoms with Crippen molar-refractivity contribution in [3.8, 4) is 0 Å². The highest BCUT2D eigenvalue weighted by Crippen LogP contribution is 2.17. The van der Waals surface area contributed by atoms with Gasteiger partial charge >= 0.3 is 0 Å². The van der Waals surface area contributed by atoms with Crippen molar-refractivity contribution in [2.24, 2.45) is 4.99 Å². The minimum Gasteiger partial charge on any atom is -0.357 e. The van der Waals surface area contributed by atoms with Crippen molar-refractivity contribution < 1.29 is 0 Å². The van der Waals surface area contributed by atoms with E-state index in [1.165, 1.54) is 36.8 Å². The zero-order valence-corrected chi connectivity index (χ0v) is 19.3. The van der Waals surface area contributed by atoms with Gasteiger partial charge in [-0.2, -0.15) is 0 Å². The first-order chi connectivity index (χ1) is 13.2. The summed E-state index contributed by atoms with van der Waals surface area (Å²) in [6, 6.07) is 12.8. The molecule has 2 N–H and O–H groups in total. The Balaban J connectivity index is 0.00000280. The number of nitrogens with zero attached hydrogens (tertiary/aromatic N) is 3. The van der Waals surface area contributed by atoms with E-state index in [1.54, 1.807) is 7.05 Å². The molecule has 1 aliphatic rings. The van der Waals surface area contributed by atoms with Gasteiger partial charge in [0.15, 0.2) is 5.96 Å². The number of rotatable bonds is 5. The zero-order valence-electron chi connectivity index (χ0n) is 16.9. The summed E-state index contributed by atoms with van der Waals surface area (Å²) >= 11 is 0. The van der Waals surface area contributed by atoms with Crippen molar-refractivity contribution in [1.82, 2.24) is 15.6 Å². The minimum atomic E-state index is 0. The topological polar surface area (TPSA) is 52.6 Å². The van der Waals surface area contributed by atoms with Gasteiger partial charge in [-0.3, -0.25) is 4.99 Å². The van der Waals surface area contributed by atoms with Gasteiger partial charge in [-0.1, -0.05) is 48.7 Å². The molecule has 1 aromatic heterocycles. The van der Waals surface area contributed by atoms with Crippen molar-refractivity contribution in [2.75, 3.05) is 25.0 Å². The van der Waals surface area contributed by atoms with E-state index >= 15 is 0 Å². The minimum absolute atomic E-state index is 0. The third-order valence-corrected chi connectivity index (χ3v) is 5.00. The maximum atomic E-state index is 4.68. The number of aryl methyl sites for hydroxylation is 1. The average molecular weight is 493 g/mol. The van der Waals surface area contributed by atoms with E-state index in [4.69, 9.17) is 0 Å². The molecule has 0 saturated carbocycles. The summed E-state index contributed by atoms with van der Waals surface area (Å²) in [5, 5.41) is 6.72. The number of hydrogen-bond donors (Lipinski definition) is 2. The van der Waals surface area contributed by atoms with Crippen LogP contribution < -0.4 is 15.5 Å². The fourth-order valence-electron chi connectivity index (χ4n) is 3.31. The number of aliphatic imine (C=N–C) groups is 1. The number of anilines is 1. The van der Waals surface area contributed by atoms with Crippen LogP contribution in [0.4, 0.5) is 5.82 Å². The third-order valence-electron chi connectivity index (χ3n) is 5.00. The van der Waals surface area contributed by atoms with Crippen LogP contribution in [0.2, 0.25) is 0 Å². The fourth-order valence-corrected chi connectivity index (χ4v) is 3.31. The molecule has 28 heavy (non-hydrogen) atoms. The average Bonchev–Trinajstić information content (AvgIpc) is 2.99. The van der Waals surface area contributed by atoms with E-state index in [0.29, 0.717) is 6.54 Å². The molecule has 2 aromatic rings. The van der Waals surface area contributed by atoms with Crippen LogP contribution in [0.1, 0.15) is 42.4 Å². The molecule has 0 atom stereocenters. The molecular formula is C22H32IN5. The van der Waals surface area contributed by atoms with Crippen molar-refractivity contribution in [3.05, 3.63) is 59.3 Å². The lowest BCUT2D eigenvalue weighted by molar-refractivity contribution is 0.726. The Hall–Kier alpha value is -1.83. The molecule has 0 unspecified atom stereocenters. The standard InChI is InChI=1S/C22H31N5.HI/c1-18-7-9-19(10-8-18)15-25-22(23-2)26-17-20-11-12-21(24-16-20)27-13-5-3-4-6-14-27;/h7-12,16H,3-6,13-15,17H2,1-2H3,(H2,23,25,26);1H. The van der Waals surface area contributed by atoms with E-state index in [-0.39, 0.29) is 24.0 Å². The van der Waals surface area contributed by atoms with E-state index in [1.807, 2.05) is 6.20 Å². The smallest absolute Gasteiger partial charge is 0.191 e. The Labute approximate surface area is 186 Å². The first-order valence-electron chi connectivity index (χ1n) is 9.94. The summed E-state index contributed by atoms with van der Waals surface area (Å²) in [7, 11) is 1.80. The first kappa shape index (κ1) is 22.5. The summed E-state index contributed by atoms with van der Waals surface area (Å²) in [6.45, 7) is 5.82. The van der Waals surface area contributed by atoms with Gasteiger partial charge in [0.25, 0.3) is 0 Å². The predicted molar refractivity (Wildman–Crippen MR) is 129 cm³/mol. The Bertz CT molecular complexity index is 720. The normalized spacial score (nSPS) is 14.8. The SMILES string of the molecule is CN=C(NCc1ccc(C)cc1)NCc1ccc(N2CCCCCC2)nc1.I. The molecule has 152 valence electrons. The molecule has 1 saturated heterocycles. The molecule has 0 amide bonds. The highest BCUT2D eigenvalue weighted by Gasteiger charge is 2.10. The highest BCUT2D eigenvalue weighted by atomic mass is 127. The second kappa shape index (κ2) is 11.9. The Morgan fingerprint density at radius 3 is 2.11 bits per heavy atom. The van der Waals surface area contributed by atoms with Gasteiger partial charge < -0.3 is 15.5 Å². The van der Waals surface area contributed by atoms with Gasteiger partial charge in [-0.05, 0) is 37.0 Å². The number of aromatic nitrogens is 1. The number of halogens is 1. The van der Waals surface area contributed by atoms with Crippen molar-refractivity contribution in [2.45, 2.75) is 45.7 Å². The van der Waals surface area contributed by atoms with Crippen molar-refractivity contribution in [1.29, 1.82) is 0 Å². The monoisotopic (exact) mass is 493 g/mol. The second-order valence-corrected chi connectivity index (χ2v) is 7.19. The molecule has 2 heterocycles. The molecule has 0 aliphatic carbocycles. The summed E-state index contributed by atoms with van der Waals surface area (Å²) in [5.41, 5.74) is 3.68. The summed E-state index contributed by atoms with van der Waals surface area (Å²) in [5.74, 6) is 1.90. The number of guanidine groups is 1. The lowest BCUT2D eigenvalue weighted by Gasteiger charge is -2.21. The molecule has 1 aromatic carbocycles. The molecule has 0 bridgehead atoms. The van der Waals surface area contributed by atoms with E-state index in [0.717, 1.165) is 37.0 Å². The van der Waals surface area contributed by atoms with Gasteiger partial charge in [0.05, 0.1) is 0 Å². The summed E-state index contributed by atoms with van der Waals surface area (Å²) < 4.78 is 0. The maximum Gasteiger partial charge on any atom is 0.191 e. The third kappa shape index (κ3) is 6.96.